The molecule has 2 rings (SSSR count). The van der Waals surface area contributed by atoms with E-state index in [0.29, 0.717) is 0 Å². The van der Waals surface area contributed by atoms with Gasteiger partial charge in [-0.05, 0) is 50.9 Å². The Labute approximate surface area is 80.8 Å². The lowest BCUT2D eigenvalue weighted by Crippen LogP contribution is -2.40. The summed E-state index contributed by atoms with van der Waals surface area (Å²) >= 11 is 0. The van der Waals surface area contributed by atoms with Crippen LogP contribution in [0.2, 0.25) is 0 Å². The summed E-state index contributed by atoms with van der Waals surface area (Å²) in [6, 6.07) is 0. The molecule has 0 bridgehead atoms. The molecule has 74 valence electrons. The Morgan fingerprint density at radius 3 is 2.85 bits per heavy atom. The average molecular weight is 180 g/mol. The summed E-state index contributed by atoms with van der Waals surface area (Å²) in [5, 5.41) is 10.5. The lowest BCUT2D eigenvalue weighted by Gasteiger charge is -2.38. The standard InChI is InChI=1S/C12H20O/c1-10-4-8-11(2)6-3-7-12(11,13)9-5-10/h4,13H,3,5-9H2,1-2H3. The van der Waals surface area contributed by atoms with Crippen molar-refractivity contribution in [1.82, 2.24) is 0 Å². The summed E-state index contributed by atoms with van der Waals surface area (Å²) in [5.41, 5.74) is 1.27. The monoisotopic (exact) mass is 180 g/mol. The van der Waals surface area contributed by atoms with Crippen LogP contribution in [0.4, 0.5) is 0 Å². The Morgan fingerprint density at radius 2 is 2.08 bits per heavy atom. The molecule has 1 nitrogen and oxygen atoms in total. The van der Waals surface area contributed by atoms with Gasteiger partial charge in [-0.25, -0.2) is 0 Å². The van der Waals surface area contributed by atoms with Gasteiger partial charge < -0.3 is 5.11 Å². The molecule has 0 radical (unpaired) electrons. The molecule has 0 saturated heterocycles. The van der Waals surface area contributed by atoms with Gasteiger partial charge in [0, 0.05) is 0 Å². The first-order valence-electron chi connectivity index (χ1n) is 5.44. The van der Waals surface area contributed by atoms with E-state index in [0.717, 1.165) is 25.7 Å². The average Bonchev–Trinajstić information content (AvgIpc) is 2.33. The third kappa shape index (κ3) is 1.34. The van der Waals surface area contributed by atoms with E-state index in [2.05, 4.69) is 19.9 Å². The Kier molecular flexibility index (Phi) is 2.03. The fraction of sp³-hybridized carbons (Fsp3) is 0.833. The zero-order valence-corrected chi connectivity index (χ0v) is 8.77. The third-order valence-electron chi connectivity index (χ3n) is 4.28. The number of rotatable bonds is 0. The van der Waals surface area contributed by atoms with Crippen molar-refractivity contribution in [3.05, 3.63) is 11.6 Å². The second-order valence-corrected chi connectivity index (χ2v) is 5.20. The van der Waals surface area contributed by atoms with E-state index in [1.54, 1.807) is 0 Å². The Balaban J connectivity index is 2.28. The first-order valence-corrected chi connectivity index (χ1v) is 5.44. The molecule has 0 aliphatic heterocycles. The normalized spacial score (nSPS) is 45.3. The highest BCUT2D eigenvalue weighted by Gasteiger charge is 2.49. The molecule has 13 heavy (non-hydrogen) atoms. The van der Waals surface area contributed by atoms with E-state index < -0.39 is 0 Å². The molecule has 2 aliphatic rings. The topological polar surface area (TPSA) is 20.2 Å². The summed E-state index contributed by atoms with van der Waals surface area (Å²) in [7, 11) is 0. The van der Waals surface area contributed by atoms with Crippen LogP contribution in [-0.4, -0.2) is 10.7 Å². The fourth-order valence-electron chi connectivity index (χ4n) is 2.93. The minimum atomic E-state index is -0.360. The molecule has 0 aromatic rings. The van der Waals surface area contributed by atoms with Crippen LogP contribution >= 0.6 is 0 Å². The van der Waals surface area contributed by atoms with Crippen molar-refractivity contribution in [3.63, 3.8) is 0 Å². The van der Waals surface area contributed by atoms with Gasteiger partial charge in [0.05, 0.1) is 5.60 Å². The lowest BCUT2D eigenvalue weighted by atomic mass is 9.72. The number of aliphatic hydroxyl groups is 1. The number of fused-ring (bicyclic) bond motifs is 1. The van der Waals surface area contributed by atoms with E-state index in [-0.39, 0.29) is 11.0 Å². The largest absolute Gasteiger partial charge is 0.389 e. The predicted octanol–water partition coefficient (Wildman–Crippen LogP) is 3.04. The molecule has 1 saturated carbocycles. The van der Waals surface area contributed by atoms with Crippen LogP contribution in [0.15, 0.2) is 11.6 Å². The zero-order valence-electron chi connectivity index (χ0n) is 8.77. The minimum Gasteiger partial charge on any atom is -0.389 e. The summed E-state index contributed by atoms with van der Waals surface area (Å²) in [5.74, 6) is 0. The highest BCUT2D eigenvalue weighted by Crippen LogP contribution is 2.52. The van der Waals surface area contributed by atoms with E-state index in [9.17, 15) is 5.11 Å². The van der Waals surface area contributed by atoms with Crippen LogP contribution in [0.5, 0.6) is 0 Å². The summed E-state index contributed by atoms with van der Waals surface area (Å²) < 4.78 is 0. The van der Waals surface area contributed by atoms with Crippen molar-refractivity contribution >= 4 is 0 Å². The predicted molar refractivity (Wildman–Crippen MR) is 54.5 cm³/mol. The van der Waals surface area contributed by atoms with Crippen molar-refractivity contribution in [3.8, 4) is 0 Å². The molecule has 1 heteroatoms. The van der Waals surface area contributed by atoms with E-state index in [1.807, 2.05) is 0 Å². The van der Waals surface area contributed by atoms with Crippen molar-refractivity contribution in [2.24, 2.45) is 5.41 Å². The third-order valence-corrected chi connectivity index (χ3v) is 4.28. The van der Waals surface area contributed by atoms with Crippen LogP contribution in [0, 0.1) is 5.41 Å². The SMILES string of the molecule is CC1=CCC2(C)CCCC2(O)CC1. The van der Waals surface area contributed by atoms with Crippen molar-refractivity contribution in [1.29, 1.82) is 0 Å². The Hall–Kier alpha value is -0.300. The highest BCUT2D eigenvalue weighted by molar-refractivity contribution is 5.13. The van der Waals surface area contributed by atoms with E-state index in [4.69, 9.17) is 0 Å². The van der Waals surface area contributed by atoms with Crippen molar-refractivity contribution < 1.29 is 5.11 Å². The zero-order chi connectivity index (χ0) is 9.53. The quantitative estimate of drug-likeness (QED) is 0.568. The van der Waals surface area contributed by atoms with Gasteiger partial charge in [-0.3, -0.25) is 0 Å². The first-order chi connectivity index (χ1) is 6.06. The summed E-state index contributed by atoms with van der Waals surface area (Å²) in [6.45, 7) is 4.45. The van der Waals surface area contributed by atoms with Gasteiger partial charge in [0.25, 0.3) is 0 Å². The molecular weight excluding hydrogens is 160 g/mol. The molecule has 1 N–H and O–H groups in total. The van der Waals surface area contributed by atoms with Gasteiger partial charge >= 0.3 is 0 Å². The molecule has 0 amide bonds. The number of hydrogen-bond donors (Lipinski definition) is 1. The first kappa shape index (κ1) is 9.26. The minimum absolute atomic E-state index is 0.171. The fourth-order valence-corrected chi connectivity index (χ4v) is 2.93. The molecular formula is C12H20O. The van der Waals surface area contributed by atoms with E-state index >= 15 is 0 Å². The van der Waals surface area contributed by atoms with Crippen LogP contribution in [-0.2, 0) is 0 Å². The van der Waals surface area contributed by atoms with Gasteiger partial charge in [0.2, 0.25) is 0 Å². The number of allylic oxidation sites excluding steroid dienone is 2. The molecule has 2 unspecified atom stereocenters. The van der Waals surface area contributed by atoms with Gasteiger partial charge in [-0.1, -0.05) is 18.6 Å². The molecule has 0 heterocycles. The smallest absolute Gasteiger partial charge is 0.0707 e. The summed E-state index contributed by atoms with van der Waals surface area (Å²) in [4.78, 5) is 0. The highest BCUT2D eigenvalue weighted by atomic mass is 16.3. The van der Waals surface area contributed by atoms with Crippen LogP contribution in [0.25, 0.3) is 0 Å². The van der Waals surface area contributed by atoms with Crippen LogP contribution in [0.3, 0.4) is 0 Å². The molecule has 2 atom stereocenters. The molecule has 0 aromatic carbocycles. The maximum atomic E-state index is 10.5. The van der Waals surface area contributed by atoms with E-state index in [1.165, 1.54) is 18.4 Å². The van der Waals surface area contributed by atoms with Crippen LogP contribution in [0.1, 0.15) is 52.4 Å². The van der Waals surface area contributed by atoms with Gasteiger partial charge in [0.1, 0.15) is 0 Å². The Morgan fingerprint density at radius 1 is 1.31 bits per heavy atom. The van der Waals surface area contributed by atoms with Gasteiger partial charge in [0.15, 0.2) is 0 Å². The second-order valence-electron chi connectivity index (χ2n) is 5.20. The molecule has 1 fully saturated rings. The molecule has 0 aromatic heterocycles. The second kappa shape index (κ2) is 2.84. The Bertz CT molecular complexity index is 244. The van der Waals surface area contributed by atoms with Crippen molar-refractivity contribution in [2.75, 3.05) is 0 Å². The van der Waals surface area contributed by atoms with Crippen molar-refractivity contribution in [2.45, 2.75) is 58.0 Å². The van der Waals surface area contributed by atoms with Gasteiger partial charge in [-0.15, -0.1) is 0 Å². The summed E-state index contributed by atoms with van der Waals surface area (Å²) in [6.07, 6.45) is 8.91. The molecule has 0 spiro atoms. The maximum absolute atomic E-state index is 10.5. The lowest BCUT2D eigenvalue weighted by molar-refractivity contribution is -0.0546. The number of hydrogen-bond acceptors (Lipinski definition) is 1. The van der Waals surface area contributed by atoms with Gasteiger partial charge in [-0.2, -0.15) is 0 Å². The maximum Gasteiger partial charge on any atom is 0.0707 e. The van der Waals surface area contributed by atoms with Crippen LogP contribution < -0.4 is 0 Å². The molecule has 2 aliphatic carbocycles.